The van der Waals surface area contributed by atoms with Crippen molar-refractivity contribution < 1.29 is 14.0 Å². The lowest BCUT2D eigenvalue weighted by molar-refractivity contribution is -0.118. The Morgan fingerprint density at radius 3 is 2.56 bits per heavy atom. The zero-order valence-electron chi connectivity index (χ0n) is 18.5. The number of carbonyl (C=O) groups excluding carboxylic acids is 2. The molecule has 2 amide bonds. The Morgan fingerprint density at radius 2 is 1.91 bits per heavy atom. The quantitative estimate of drug-likeness (QED) is 0.479. The van der Waals surface area contributed by atoms with Crippen LogP contribution in [0.1, 0.15) is 35.5 Å². The molecule has 0 unspecified atom stereocenters. The van der Waals surface area contributed by atoms with Gasteiger partial charge in [0, 0.05) is 25.2 Å². The highest BCUT2D eigenvalue weighted by molar-refractivity contribution is 6.07. The molecule has 1 aromatic carbocycles. The molecule has 3 heterocycles. The number of fused-ring (bicyclic) bond motifs is 1. The van der Waals surface area contributed by atoms with E-state index in [4.69, 9.17) is 4.42 Å². The monoisotopic (exact) mass is 431 g/mol. The lowest BCUT2D eigenvalue weighted by atomic mass is 10.1. The van der Waals surface area contributed by atoms with Gasteiger partial charge >= 0.3 is 0 Å². The summed E-state index contributed by atoms with van der Waals surface area (Å²) >= 11 is 0. The molecule has 8 nitrogen and oxygen atoms in total. The van der Waals surface area contributed by atoms with E-state index in [9.17, 15) is 9.59 Å². The number of rotatable bonds is 6. The van der Waals surface area contributed by atoms with Crippen molar-refractivity contribution >= 4 is 28.5 Å². The highest BCUT2D eigenvalue weighted by Crippen LogP contribution is 2.27. The number of aromatic nitrogens is 3. The fourth-order valence-electron chi connectivity index (χ4n) is 3.44. The van der Waals surface area contributed by atoms with Crippen molar-refractivity contribution in [2.24, 2.45) is 13.0 Å². The molecule has 0 saturated heterocycles. The summed E-state index contributed by atoms with van der Waals surface area (Å²) in [7, 11) is 1.80. The molecule has 0 fully saturated rings. The van der Waals surface area contributed by atoms with Crippen LogP contribution in [0.25, 0.3) is 22.5 Å². The number of furan rings is 1. The first-order valence-electron chi connectivity index (χ1n) is 10.4. The van der Waals surface area contributed by atoms with E-state index in [1.165, 1.54) is 0 Å². The lowest BCUT2D eigenvalue weighted by Crippen LogP contribution is -2.23. The van der Waals surface area contributed by atoms with Crippen molar-refractivity contribution in [3.63, 3.8) is 0 Å². The van der Waals surface area contributed by atoms with E-state index < -0.39 is 0 Å². The van der Waals surface area contributed by atoms with Gasteiger partial charge in [0.05, 0.1) is 22.9 Å². The summed E-state index contributed by atoms with van der Waals surface area (Å²) in [5.74, 6) is 0.234. The molecular formula is C24H25N5O3. The molecule has 0 radical (unpaired) electrons. The second-order valence-corrected chi connectivity index (χ2v) is 7.96. The van der Waals surface area contributed by atoms with Crippen molar-refractivity contribution in [2.45, 2.75) is 27.3 Å². The minimum Gasteiger partial charge on any atom is -0.463 e. The summed E-state index contributed by atoms with van der Waals surface area (Å²) < 4.78 is 7.14. The minimum absolute atomic E-state index is 0.0352. The van der Waals surface area contributed by atoms with Gasteiger partial charge in [0.15, 0.2) is 11.4 Å². The molecule has 164 valence electrons. The van der Waals surface area contributed by atoms with E-state index in [1.807, 2.05) is 45.0 Å². The Kier molecular flexibility index (Phi) is 5.77. The molecule has 4 rings (SSSR count). The van der Waals surface area contributed by atoms with Crippen LogP contribution in [0.5, 0.6) is 0 Å². The normalized spacial score (nSPS) is 11.2. The predicted molar refractivity (Wildman–Crippen MR) is 122 cm³/mol. The van der Waals surface area contributed by atoms with E-state index in [0.717, 1.165) is 16.9 Å². The Balaban J connectivity index is 1.56. The summed E-state index contributed by atoms with van der Waals surface area (Å²) in [5, 5.41) is 11.0. The van der Waals surface area contributed by atoms with Crippen LogP contribution in [0.15, 0.2) is 53.1 Å². The summed E-state index contributed by atoms with van der Waals surface area (Å²) in [6, 6.07) is 12.7. The van der Waals surface area contributed by atoms with Crippen molar-refractivity contribution in [3.05, 3.63) is 65.5 Å². The topological polar surface area (TPSA) is 102 Å². The van der Waals surface area contributed by atoms with Gasteiger partial charge in [0.1, 0.15) is 5.69 Å². The van der Waals surface area contributed by atoms with Gasteiger partial charge in [-0.15, -0.1) is 0 Å². The zero-order valence-corrected chi connectivity index (χ0v) is 18.5. The lowest BCUT2D eigenvalue weighted by Gasteiger charge is -2.10. The number of amides is 2. The molecule has 0 spiro atoms. The molecule has 0 aliphatic rings. The van der Waals surface area contributed by atoms with Crippen LogP contribution in [0.2, 0.25) is 0 Å². The van der Waals surface area contributed by atoms with Crippen LogP contribution in [0, 0.1) is 12.8 Å². The number of hydrogen-bond donors (Lipinski definition) is 2. The molecule has 3 aromatic heterocycles. The maximum absolute atomic E-state index is 13.1. The Hall–Kier alpha value is -3.94. The highest BCUT2D eigenvalue weighted by Gasteiger charge is 2.20. The number of aryl methyl sites for hydroxylation is 2. The van der Waals surface area contributed by atoms with Gasteiger partial charge in [-0.2, -0.15) is 5.10 Å². The van der Waals surface area contributed by atoms with Gasteiger partial charge in [-0.1, -0.05) is 26.0 Å². The number of anilines is 1. The van der Waals surface area contributed by atoms with Crippen LogP contribution in [0.3, 0.4) is 0 Å². The number of hydrogen-bond acceptors (Lipinski definition) is 5. The Labute approximate surface area is 185 Å². The average molecular weight is 431 g/mol. The second kappa shape index (κ2) is 8.66. The smallest absolute Gasteiger partial charge is 0.252 e. The third kappa shape index (κ3) is 4.25. The van der Waals surface area contributed by atoms with Gasteiger partial charge in [-0.3, -0.25) is 14.3 Å². The number of nitrogens with one attached hydrogen (secondary N) is 2. The van der Waals surface area contributed by atoms with Gasteiger partial charge < -0.3 is 15.1 Å². The number of nitrogens with zero attached hydrogens (tertiary/aromatic N) is 3. The fourth-order valence-corrected chi connectivity index (χ4v) is 3.44. The van der Waals surface area contributed by atoms with Crippen LogP contribution in [-0.2, 0) is 18.4 Å². The molecule has 8 heteroatoms. The zero-order chi connectivity index (χ0) is 22.8. The molecule has 0 aliphatic carbocycles. The van der Waals surface area contributed by atoms with E-state index in [0.29, 0.717) is 34.6 Å². The first kappa shape index (κ1) is 21.3. The SMILES string of the molecule is Cc1nn(C)c2nc(-c3ccco3)cc(C(=O)NCc3ccc(NC(=O)C(C)C)cc3)c12. The Bertz CT molecular complexity index is 1270. The molecule has 2 N–H and O–H groups in total. The van der Waals surface area contributed by atoms with Crippen LogP contribution >= 0.6 is 0 Å². The van der Waals surface area contributed by atoms with E-state index >= 15 is 0 Å². The van der Waals surface area contributed by atoms with Gasteiger partial charge in [-0.05, 0) is 42.8 Å². The molecule has 0 atom stereocenters. The second-order valence-electron chi connectivity index (χ2n) is 7.96. The van der Waals surface area contributed by atoms with Crippen LogP contribution in [-0.4, -0.2) is 26.6 Å². The van der Waals surface area contributed by atoms with Crippen LogP contribution in [0.4, 0.5) is 5.69 Å². The average Bonchev–Trinajstić information content (AvgIpc) is 3.41. The third-order valence-electron chi connectivity index (χ3n) is 5.19. The number of pyridine rings is 1. The maximum Gasteiger partial charge on any atom is 0.252 e. The van der Waals surface area contributed by atoms with Gasteiger partial charge in [0.25, 0.3) is 5.91 Å². The van der Waals surface area contributed by atoms with Crippen molar-refractivity contribution in [2.75, 3.05) is 5.32 Å². The maximum atomic E-state index is 13.1. The highest BCUT2D eigenvalue weighted by atomic mass is 16.3. The van der Waals surface area contributed by atoms with E-state index in [2.05, 4.69) is 20.7 Å². The summed E-state index contributed by atoms with van der Waals surface area (Å²) in [6.45, 7) is 5.89. The first-order valence-corrected chi connectivity index (χ1v) is 10.4. The van der Waals surface area contributed by atoms with Gasteiger partial charge in [-0.25, -0.2) is 4.98 Å². The Morgan fingerprint density at radius 1 is 1.16 bits per heavy atom. The molecule has 0 saturated carbocycles. The van der Waals surface area contributed by atoms with E-state index in [1.54, 1.807) is 36.2 Å². The molecule has 0 bridgehead atoms. The van der Waals surface area contributed by atoms with Crippen molar-refractivity contribution in [3.8, 4) is 11.5 Å². The van der Waals surface area contributed by atoms with Crippen molar-refractivity contribution in [1.82, 2.24) is 20.1 Å². The first-order chi connectivity index (χ1) is 15.3. The summed E-state index contributed by atoms with van der Waals surface area (Å²) in [5.41, 5.74) is 4.06. The molecule has 32 heavy (non-hydrogen) atoms. The molecular weight excluding hydrogens is 406 g/mol. The third-order valence-corrected chi connectivity index (χ3v) is 5.19. The van der Waals surface area contributed by atoms with E-state index in [-0.39, 0.29) is 17.7 Å². The summed E-state index contributed by atoms with van der Waals surface area (Å²) in [6.07, 6.45) is 1.57. The largest absolute Gasteiger partial charge is 0.463 e. The number of benzene rings is 1. The predicted octanol–water partition coefficient (Wildman–Crippen LogP) is 4.06. The molecule has 0 aliphatic heterocycles. The standard InChI is InChI=1S/C24H25N5O3/c1-14(2)23(30)26-17-9-7-16(8-10-17)13-25-24(31)18-12-19(20-6-5-11-32-20)27-22-21(18)15(3)28-29(22)4/h5-12,14H,13H2,1-4H3,(H,25,31)(H,26,30). The van der Waals surface area contributed by atoms with Gasteiger partial charge in [0.2, 0.25) is 5.91 Å². The number of carbonyl (C=O) groups is 2. The minimum atomic E-state index is -0.224. The van der Waals surface area contributed by atoms with Crippen molar-refractivity contribution in [1.29, 1.82) is 0 Å². The van der Waals surface area contributed by atoms with Crippen LogP contribution < -0.4 is 10.6 Å². The summed E-state index contributed by atoms with van der Waals surface area (Å²) in [4.78, 5) is 29.6. The molecule has 4 aromatic rings. The fraction of sp³-hybridized carbons (Fsp3) is 0.250.